The summed E-state index contributed by atoms with van der Waals surface area (Å²) in [5.41, 5.74) is -2.38. The molecular formula is C14H14F3NO4. The Bertz CT molecular complexity index is 562. The number of carboxylic acid groups (broad SMARTS) is 1. The fraction of sp³-hybridized carbons (Fsp3) is 0.429. The summed E-state index contributed by atoms with van der Waals surface area (Å²) in [6, 6.07) is 4.93. The number of anilines is 1. The number of carbonyl (C=O) groups excluding carboxylic acids is 1. The summed E-state index contributed by atoms with van der Waals surface area (Å²) in [6.07, 6.45) is -5.55. The van der Waals surface area contributed by atoms with E-state index in [-0.39, 0.29) is 24.5 Å². The molecule has 8 heteroatoms. The number of carboxylic acids is 1. The van der Waals surface area contributed by atoms with Crippen LogP contribution in [0.1, 0.15) is 23.2 Å². The normalized spacial score (nSPS) is 17.8. The van der Waals surface area contributed by atoms with Crippen LogP contribution in [-0.4, -0.2) is 36.4 Å². The van der Waals surface area contributed by atoms with Gasteiger partial charge in [-0.1, -0.05) is 0 Å². The highest BCUT2D eigenvalue weighted by Gasteiger charge is 2.60. The molecule has 1 amide bonds. The van der Waals surface area contributed by atoms with Gasteiger partial charge in [0.2, 0.25) is 5.91 Å². The smallest absolute Gasteiger partial charge is 0.403 e. The lowest BCUT2D eigenvalue weighted by Crippen LogP contribution is -2.51. The van der Waals surface area contributed by atoms with Gasteiger partial charge in [-0.05, 0) is 37.1 Å². The number of rotatable bonds is 3. The van der Waals surface area contributed by atoms with E-state index in [1.807, 2.05) is 0 Å². The summed E-state index contributed by atoms with van der Waals surface area (Å²) in [6.45, 7) is -0.268. The summed E-state index contributed by atoms with van der Waals surface area (Å²) in [5, 5.41) is 11.0. The average Bonchev–Trinajstić information content (AvgIpc) is 2.47. The van der Waals surface area contributed by atoms with Gasteiger partial charge in [-0.3, -0.25) is 4.79 Å². The van der Waals surface area contributed by atoms with Crippen molar-refractivity contribution in [1.82, 2.24) is 0 Å². The molecule has 0 atom stereocenters. The number of aromatic carboxylic acids is 1. The second kappa shape index (κ2) is 5.96. The Morgan fingerprint density at radius 1 is 1.14 bits per heavy atom. The van der Waals surface area contributed by atoms with Crippen molar-refractivity contribution in [2.24, 2.45) is 5.41 Å². The van der Waals surface area contributed by atoms with E-state index < -0.39 is 36.3 Å². The fourth-order valence-electron chi connectivity index (χ4n) is 2.31. The van der Waals surface area contributed by atoms with E-state index >= 15 is 0 Å². The summed E-state index contributed by atoms with van der Waals surface area (Å²) in [7, 11) is 0. The van der Waals surface area contributed by atoms with Crippen LogP contribution >= 0.6 is 0 Å². The van der Waals surface area contributed by atoms with E-state index in [0.29, 0.717) is 0 Å². The van der Waals surface area contributed by atoms with E-state index in [2.05, 4.69) is 5.32 Å². The van der Waals surface area contributed by atoms with Crippen molar-refractivity contribution in [2.45, 2.75) is 19.0 Å². The van der Waals surface area contributed by atoms with Gasteiger partial charge < -0.3 is 15.2 Å². The van der Waals surface area contributed by atoms with E-state index in [9.17, 15) is 22.8 Å². The average molecular weight is 317 g/mol. The minimum absolute atomic E-state index is 0.0189. The lowest BCUT2D eigenvalue weighted by atomic mass is 9.78. The lowest BCUT2D eigenvalue weighted by Gasteiger charge is -2.37. The first-order valence-electron chi connectivity index (χ1n) is 6.55. The van der Waals surface area contributed by atoms with Gasteiger partial charge in [0, 0.05) is 18.9 Å². The van der Waals surface area contributed by atoms with Crippen LogP contribution in [0.4, 0.5) is 18.9 Å². The zero-order valence-corrected chi connectivity index (χ0v) is 11.4. The van der Waals surface area contributed by atoms with E-state index in [1.54, 1.807) is 0 Å². The minimum atomic E-state index is -4.68. The number of ether oxygens (including phenoxy) is 1. The number of halogens is 3. The number of hydrogen-bond donors (Lipinski definition) is 2. The first-order valence-corrected chi connectivity index (χ1v) is 6.55. The standard InChI is InChI=1S/C14H14F3NO4/c15-14(16,17)13(5-7-22-8-6-13)12(21)18-10-3-1-9(2-4-10)11(19)20/h1-4H,5-8H2,(H,18,21)(H,19,20). The van der Waals surface area contributed by atoms with Crippen LogP contribution in [0, 0.1) is 5.41 Å². The van der Waals surface area contributed by atoms with Crippen molar-refractivity contribution in [1.29, 1.82) is 0 Å². The largest absolute Gasteiger partial charge is 0.478 e. The third-order valence-electron chi connectivity index (χ3n) is 3.71. The molecule has 1 fully saturated rings. The molecule has 1 aliphatic heterocycles. The van der Waals surface area contributed by atoms with Crippen molar-refractivity contribution in [3.05, 3.63) is 29.8 Å². The first kappa shape index (κ1) is 16.3. The first-order chi connectivity index (χ1) is 10.3. The molecular weight excluding hydrogens is 303 g/mol. The molecule has 120 valence electrons. The van der Waals surface area contributed by atoms with Crippen LogP contribution < -0.4 is 5.32 Å². The van der Waals surface area contributed by atoms with Crippen molar-refractivity contribution < 1.29 is 32.6 Å². The highest BCUT2D eigenvalue weighted by molar-refractivity contribution is 5.96. The molecule has 1 heterocycles. The van der Waals surface area contributed by atoms with Gasteiger partial charge >= 0.3 is 12.1 Å². The van der Waals surface area contributed by atoms with Gasteiger partial charge in [-0.15, -0.1) is 0 Å². The lowest BCUT2D eigenvalue weighted by molar-refractivity contribution is -0.237. The third-order valence-corrected chi connectivity index (χ3v) is 3.71. The molecule has 1 aromatic rings. The molecule has 0 radical (unpaired) electrons. The van der Waals surface area contributed by atoms with E-state index in [1.165, 1.54) is 24.3 Å². The van der Waals surface area contributed by atoms with Crippen LogP contribution in [-0.2, 0) is 9.53 Å². The quantitative estimate of drug-likeness (QED) is 0.899. The maximum absolute atomic E-state index is 13.3. The molecule has 5 nitrogen and oxygen atoms in total. The Kier molecular flexibility index (Phi) is 4.41. The molecule has 0 spiro atoms. The van der Waals surface area contributed by atoms with Gasteiger partial charge in [-0.25, -0.2) is 4.79 Å². The Hall–Kier alpha value is -2.09. The van der Waals surface area contributed by atoms with Gasteiger partial charge in [0.1, 0.15) is 5.41 Å². The Morgan fingerprint density at radius 2 is 1.68 bits per heavy atom. The molecule has 22 heavy (non-hydrogen) atoms. The molecule has 2 N–H and O–H groups in total. The Balaban J connectivity index is 2.19. The van der Waals surface area contributed by atoms with Crippen molar-refractivity contribution in [3.63, 3.8) is 0 Å². The molecule has 0 bridgehead atoms. The summed E-state index contributed by atoms with van der Waals surface area (Å²) >= 11 is 0. The highest BCUT2D eigenvalue weighted by atomic mass is 19.4. The Labute approximate surface area is 124 Å². The third kappa shape index (κ3) is 3.06. The molecule has 0 aromatic heterocycles. The van der Waals surface area contributed by atoms with Crippen LogP contribution in [0.3, 0.4) is 0 Å². The molecule has 1 aromatic carbocycles. The summed E-state index contributed by atoms with van der Waals surface area (Å²) in [5.74, 6) is -2.31. The minimum Gasteiger partial charge on any atom is -0.478 e. The maximum Gasteiger partial charge on any atom is 0.403 e. The topological polar surface area (TPSA) is 75.6 Å². The fourth-order valence-corrected chi connectivity index (χ4v) is 2.31. The van der Waals surface area contributed by atoms with Gasteiger partial charge in [0.05, 0.1) is 5.56 Å². The van der Waals surface area contributed by atoms with Gasteiger partial charge in [-0.2, -0.15) is 13.2 Å². The second-order valence-corrected chi connectivity index (χ2v) is 5.03. The number of benzene rings is 1. The zero-order valence-electron chi connectivity index (χ0n) is 11.4. The molecule has 1 aliphatic rings. The van der Waals surface area contributed by atoms with Crippen LogP contribution in [0.2, 0.25) is 0 Å². The van der Waals surface area contributed by atoms with Crippen molar-refractivity contribution in [2.75, 3.05) is 18.5 Å². The molecule has 1 saturated heterocycles. The highest BCUT2D eigenvalue weighted by Crippen LogP contribution is 2.46. The van der Waals surface area contributed by atoms with Crippen LogP contribution in [0.25, 0.3) is 0 Å². The van der Waals surface area contributed by atoms with Crippen molar-refractivity contribution in [3.8, 4) is 0 Å². The molecule has 0 unspecified atom stereocenters. The maximum atomic E-state index is 13.3. The zero-order chi connectivity index (χ0) is 16.4. The SMILES string of the molecule is O=C(O)c1ccc(NC(=O)C2(C(F)(F)F)CCOCC2)cc1. The number of nitrogens with one attached hydrogen (secondary N) is 1. The summed E-state index contributed by atoms with van der Waals surface area (Å²) < 4.78 is 44.9. The van der Waals surface area contributed by atoms with Gasteiger partial charge in [0.25, 0.3) is 0 Å². The number of hydrogen-bond acceptors (Lipinski definition) is 3. The van der Waals surface area contributed by atoms with Crippen LogP contribution in [0.5, 0.6) is 0 Å². The predicted octanol–water partition coefficient (Wildman–Crippen LogP) is 2.68. The molecule has 2 rings (SSSR count). The predicted molar refractivity (Wildman–Crippen MR) is 70.6 cm³/mol. The number of carbonyl (C=O) groups is 2. The second-order valence-electron chi connectivity index (χ2n) is 5.03. The number of amides is 1. The summed E-state index contributed by atoms with van der Waals surface area (Å²) in [4.78, 5) is 22.9. The van der Waals surface area contributed by atoms with Crippen LogP contribution in [0.15, 0.2) is 24.3 Å². The molecule has 0 saturated carbocycles. The van der Waals surface area contributed by atoms with E-state index in [4.69, 9.17) is 9.84 Å². The van der Waals surface area contributed by atoms with E-state index in [0.717, 1.165) is 0 Å². The molecule has 0 aliphatic carbocycles. The number of alkyl halides is 3. The Morgan fingerprint density at radius 3 is 2.14 bits per heavy atom. The van der Waals surface area contributed by atoms with Crippen molar-refractivity contribution >= 4 is 17.6 Å². The van der Waals surface area contributed by atoms with Gasteiger partial charge in [0.15, 0.2) is 0 Å². The monoisotopic (exact) mass is 317 g/mol.